The van der Waals surface area contributed by atoms with Gasteiger partial charge in [0.2, 0.25) is 0 Å². The lowest BCUT2D eigenvalue weighted by atomic mass is 10.3. The molecule has 0 aliphatic heterocycles. The Morgan fingerprint density at radius 1 is 1.00 bits per heavy atom. The molecule has 3 nitrogen and oxygen atoms in total. The zero-order chi connectivity index (χ0) is 12.9. The molecule has 0 spiro atoms. The van der Waals surface area contributed by atoms with Crippen LogP contribution in [-0.2, 0) is 13.3 Å². The molecule has 0 saturated heterocycles. The van der Waals surface area contributed by atoms with Crippen molar-refractivity contribution in [1.82, 2.24) is 0 Å². The zero-order valence-electron chi connectivity index (χ0n) is 11.6. The third-order valence-electron chi connectivity index (χ3n) is 2.79. The molecule has 0 saturated carbocycles. The molecule has 1 aliphatic carbocycles. The molecule has 0 bridgehead atoms. The highest BCUT2D eigenvalue weighted by atomic mass is 28.4. The summed E-state index contributed by atoms with van der Waals surface area (Å²) in [6.07, 6.45) is 4.39. The summed E-state index contributed by atoms with van der Waals surface area (Å²) < 4.78 is 17.8. The van der Waals surface area contributed by atoms with Crippen LogP contribution in [0.4, 0.5) is 0 Å². The fourth-order valence-electron chi connectivity index (χ4n) is 2.27. The van der Waals surface area contributed by atoms with Crippen LogP contribution in [0.2, 0.25) is 5.54 Å². The van der Waals surface area contributed by atoms with E-state index < -0.39 is 8.80 Å². The van der Waals surface area contributed by atoms with E-state index >= 15 is 0 Å². The van der Waals surface area contributed by atoms with Crippen LogP contribution in [0.15, 0.2) is 23.3 Å². The summed E-state index contributed by atoms with van der Waals surface area (Å²) in [5.74, 6) is 0. The number of allylic oxidation sites excluding steroid dienone is 4. The highest BCUT2D eigenvalue weighted by Gasteiger charge is 2.50. The third kappa shape index (κ3) is 3.28. The second-order valence-corrected chi connectivity index (χ2v) is 6.87. The van der Waals surface area contributed by atoms with Gasteiger partial charge in [0.15, 0.2) is 0 Å². The third-order valence-corrected chi connectivity index (χ3v) is 6.25. The van der Waals surface area contributed by atoms with Crippen LogP contribution < -0.4 is 0 Å². The lowest BCUT2D eigenvalue weighted by Crippen LogP contribution is -2.50. The normalized spacial score (nSPS) is 20.4. The van der Waals surface area contributed by atoms with Crippen LogP contribution in [0.1, 0.15) is 34.6 Å². The molecule has 0 heterocycles. The summed E-state index contributed by atoms with van der Waals surface area (Å²) in [6.45, 7) is 12.1. The van der Waals surface area contributed by atoms with Crippen molar-refractivity contribution in [2.45, 2.75) is 40.2 Å². The molecule has 1 atom stereocenters. The molecule has 1 aliphatic rings. The average molecular weight is 256 g/mol. The number of rotatable bonds is 7. The van der Waals surface area contributed by atoms with Crippen LogP contribution in [-0.4, -0.2) is 28.6 Å². The molecule has 0 fully saturated rings. The lowest BCUT2D eigenvalue weighted by Gasteiger charge is -2.33. The van der Waals surface area contributed by atoms with Crippen molar-refractivity contribution in [3.63, 3.8) is 0 Å². The van der Waals surface area contributed by atoms with Gasteiger partial charge in [0, 0.05) is 19.8 Å². The highest BCUT2D eigenvalue weighted by molar-refractivity contribution is 6.64. The molecule has 98 valence electrons. The van der Waals surface area contributed by atoms with Gasteiger partial charge in [-0.25, -0.2) is 0 Å². The fraction of sp³-hybridized carbons (Fsp3) is 0.692. The van der Waals surface area contributed by atoms with Gasteiger partial charge in [-0.3, -0.25) is 0 Å². The van der Waals surface area contributed by atoms with Gasteiger partial charge in [-0.15, -0.1) is 0 Å². The molecular weight excluding hydrogens is 232 g/mol. The number of hydrogen-bond acceptors (Lipinski definition) is 3. The van der Waals surface area contributed by atoms with E-state index in [2.05, 4.69) is 26.0 Å². The minimum atomic E-state index is -2.61. The Morgan fingerprint density at radius 2 is 1.47 bits per heavy atom. The van der Waals surface area contributed by atoms with Gasteiger partial charge in [0.1, 0.15) is 0 Å². The van der Waals surface area contributed by atoms with E-state index in [0.717, 1.165) is 0 Å². The van der Waals surface area contributed by atoms with Crippen molar-refractivity contribution < 1.29 is 13.3 Å². The van der Waals surface area contributed by atoms with Crippen LogP contribution in [0.5, 0.6) is 0 Å². The molecule has 0 aromatic carbocycles. The maximum atomic E-state index is 5.92. The maximum absolute atomic E-state index is 5.92. The topological polar surface area (TPSA) is 27.7 Å². The Morgan fingerprint density at radius 3 is 1.76 bits per heavy atom. The first-order chi connectivity index (χ1) is 8.09. The average Bonchev–Trinajstić information content (AvgIpc) is 2.59. The van der Waals surface area contributed by atoms with Gasteiger partial charge in [-0.1, -0.05) is 23.3 Å². The zero-order valence-corrected chi connectivity index (χ0v) is 12.6. The first-order valence-electron chi connectivity index (χ1n) is 6.38. The Kier molecular flexibility index (Phi) is 5.59. The Bertz CT molecular complexity index is 293. The van der Waals surface area contributed by atoms with E-state index in [-0.39, 0.29) is 5.54 Å². The molecule has 0 amide bonds. The monoisotopic (exact) mass is 256 g/mol. The summed E-state index contributed by atoms with van der Waals surface area (Å²) in [5, 5.41) is 0. The maximum Gasteiger partial charge on any atom is 0.512 e. The second-order valence-electron chi connectivity index (χ2n) is 4.18. The molecule has 0 aromatic rings. The lowest BCUT2D eigenvalue weighted by molar-refractivity contribution is 0.0683. The first kappa shape index (κ1) is 14.6. The minimum absolute atomic E-state index is 0.183. The minimum Gasteiger partial charge on any atom is -0.373 e. The Balaban J connectivity index is 2.99. The molecule has 1 rings (SSSR count). The van der Waals surface area contributed by atoms with Gasteiger partial charge < -0.3 is 13.3 Å². The summed E-state index contributed by atoms with van der Waals surface area (Å²) in [6, 6.07) is 0. The summed E-state index contributed by atoms with van der Waals surface area (Å²) >= 11 is 0. The Hall–Kier alpha value is -0.423. The summed E-state index contributed by atoms with van der Waals surface area (Å²) in [5.41, 5.74) is 2.73. The van der Waals surface area contributed by atoms with Gasteiger partial charge in [-0.2, -0.15) is 0 Å². The molecule has 1 unspecified atom stereocenters. The molecule has 0 aromatic heterocycles. The van der Waals surface area contributed by atoms with Crippen molar-refractivity contribution in [3.05, 3.63) is 23.3 Å². The van der Waals surface area contributed by atoms with E-state index in [0.29, 0.717) is 19.8 Å². The molecular formula is C13H24O3Si. The van der Waals surface area contributed by atoms with Gasteiger partial charge >= 0.3 is 8.80 Å². The largest absolute Gasteiger partial charge is 0.512 e. The number of hydrogen-bond donors (Lipinski definition) is 0. The smallest absolute Gasteiger partial charge is 0.373 e. The first-order valence-corrected chi connectivity index (χ1v) is 8.18. The molecule has 4 heteroatoms. The molecule has 0 radical (unpaired) electrons. The van der Waals surface area contributed by atoms with Crippen molar-refractivity contribution in [1.29, 1.82) is 0 Å². The van der Waals surface area contributed by atoms with Gasteiger partial charge in [-0.05, 0) is 34.6 Å². The van der Waals surface area contributed by atoms with Crippen LogP contribution in [0.25, 0.3) is 0 Å². The fourth-order valence-corrected chi connectivity index (χ4v) is 5.37. The standard InChI is InChI=1S/C13H24O3Si/c1-6-14-17(15-7-2,16-8-3)13-10-11(4)9-12(13)5/h9-10,13H,6-8H2,1-5H3. The SMILES string of the molecule is CCO[Si](OCC)(OCC)C1C=C(C)C=C1C. The van der Waals surface area contributed by atoms with E-state index in [1.54, 1.807) is 0 Å². The molecule has 17 heavy (non-hydrogen) atoms. The van der Waals surface area contributed by atoms with Crippen molar-refractivity contribution in [2.24, 2.45) is 0 Å². The van der Waals surface area contributed by atoms with E-state index in [1.807, 2.05) is 20.8 Å². The summed E-state index contributed by atoms with van der Waals surface area (Å²) in [7, 11) is -2.61. The quantitative estimate of drug-likeness (QED) is 0.654. The van der Waals surface area contributed by atoms with Gasteiger partial charge in [0.25, 0.3) is 0 Å². The van der Waals surface area contributed by atoms with E-state index in [9.17, 15) is 0 Å². The Labute approximate surface area is 106 Å². The van der Waals surface area contributed by atoms with Crippen molar-refractivity contribution >= 4 is 8.80 Å². The van der Waals surface area contributed by atoms with Crippen LogP contribution >= 0.6 is 0 Å². The van der Waals surface area contributed by atoms with Crippen LogP contribution in [0.3, 0.4) is 0 Å². The van der Waals surface area contributed by atoms with E-state index in [4.69, 9.17) is 13.3 Å². The van der Waals surface area contributed by atoms with Crippen molar-refractivity contribution in [3.8, 4) is 0 Å². The van der Waals surface area contributed by atoms with Crippen molar-refractivity contribution in [2.75, 3.05) is 19.8 Å². The highest BCUT2D eigenvalue weighted by Crippen LogP contribution is 2.39. The predicted octanol–water partition coefficient (Wildman–Crippen LogP) is 3.31. The van der Waals surface area contributed by atoms with Gasteiger partial charge in [0.05, 0.1) is 5.54 Å². The predicted molar refractivity (Wildman–Crippen MR) is 71.9 cm³/mol. The summed E-state index contributed by atoms with van der Waals surface area (Å²) in [4.78, 5) is 0. The molecule has 0 N–H and O–H groups in total. The van der Waals surface area contributed by atoms with E-state index in [1.165, 1.54) is 11.1 Å². The second kappa shape index (κ2) is 6.49. The van der Waals surface area contributed by atoms with Crippen LogP contribution in [0, 0.1) is 0 Å².